The normalized spacial score (nSPS) is 17.6. The van der Waals surface area contributed by atoms with E-state index in [0.29, 0.717) is 11.5 Å². The number of carbonyl (C=O) groups is 1. The van der Waals surface area contributed by atoms with E-state index in [4.69, 9.17) is 25.8 Å². The molecule has 0 radical (unpaired) electrons. The van der Waals surface area contributed by atoms with E-state index in [1.165, 1.54) is 6.92 Å². The first-order valence-electron chi connectivity index (χ1n) is 5.71. The van der Waals surface area contributed by atoms with E-state index in [0.717, 1.165) is 12.0 Å². The average Bonchev–Trinajstić information content (AvgIpc) is 2.52. The van der Waals surface area contributed by atoms with Crippen LogP contribution in [0, 0.1) is 0 Å². The van der Waals surface area contributed by atoms with Crippen molar-refractivity contribution in [2.24, 2.45) is 0 Å². The summed E-state index contributed by atoms with van der Waals surface area (Å²) in [5.74, 6) is 0.960. The van der Waals surface area contributed by atoms with Gasteiger partial charge in [-0.15, -0.1) is 0 Å². The average molecular weight is 271 g/mol. The minimum Gasteiger partial charge on any atom is -0.483 e. The third kappa shape index (κ3) is 2.88. The molecule has 1 atom stereocenters. The molecule has 0 saturated carbocycles. The van der Waals surface area contributed by atoms with Gasteiger partial charge in [0.2, 0.25) is 0 Å². The molecule has 1 unspecified atom stereocenters. The smallest absolute Gasteiger partial charge is 0.483 e. The van der Waals surface area contributed by atoms with Crippen molar-refractivity contribution in [3.63, 3.8) is 0 Å². The number of alkyl halides is 1. The molecule has 1 aliphatic rings. The van der Waals surface area contributed by atoms with Crippen molar-refractivity contribution in [3.05, 3.63) is 23.8 Å². The molecule has 18 heavy (non-hydrogen) atoms. The largest absolute Gasteiger partial charge is 0.515 e. The summed E-state index contributed by atoms with van der Waals surface area (Å²) in [4.78, 5) is 11.4. The molecule has 0 bridgehead atoms. The number of rotatable bonds is 2. The Bertz CT molecular complexity index is 468. The molecule has 0 N–H and O–H groups in total. The zero-order valence-corrected chi connectivity index (χ0v) is 11.3. The highest BCUT2D eigenvalue weighted by Crippen LogP contribution is 2.41. The van der Waals surface area contributed by atoms with Gasteiger partial charge >= 0.3 is 6.16 Å². The van der Waals surface area contributed by atoms with E-state index in [9.17, 15) is 4.79 Å². The maximum atomic E-state index is 11.4. The van der Waals surface area contributed by atoms with Crippen LogP contribution in [0.15, 0.2) is 18.2 Å². The molecule has 4 nitrogen and oxygen atoms in total. The zero-order valence-electron chi connectivity index (χ0n) is 10.5. The number of fused-ring (bicyclic) bond motifs is 1. The lowest BCUT2D eigenvalue weighted by Crippen LogP contribution is -2.25. The summed E-state index contributed by atoms with van der Waals surface area (Å²) in [5, 5.41) is 0. The van der Waals surface area contributed by atoms with E-state index in [2.05, 4.69) is 0 Å². The number of carbonyl (C=O) groups excluding carboxylic acids is 1. The van der Waals surface area contributed by atoms with Gasteiger partial charge in [-0.1, -0.05) is 23.7 Å². The molecule has 1 aliphatic heterocycles. The molecule has 1 aromatic rings. The summed E-state index contributed by atoms with van der Waals surface area (Å²) in [6.45, 7) is 5.50. The van der Waals surface area contributed by atoms with Crippen LogP contribution in [0.1, 0.15) is 26.3 Å². The molecule has 1 aromatic carbocycles. The first-order chi connectivity index (χ1) is 8.37. The van der Waals surface area contributed by atoms with Crippen molar-refractivity contribution in [2.45, 2.75) is 38.4 Å². The Morgan fingerprint density at radius 3 is 2.89 bits per heavy atom. The van der Waals surface area contributed by atoms with Gasteiger partial charge in [-0.2, -0.15) is 0 Å². The molecule has 0 spiro atoms. The van der Waals surface area contributed by atoms with Crippen LogP contribution >= 0.6 is 11.6 Å². The number of hydrogen-bond donors (Lipinski definition) is 0. The van der Waals surface area contributed by atoms with Crippen molar-refractivity contribution in [2.75, 3.05) is 0 Å². The van der Waals surface area contributed by atoms with E-state index in [-0.39, 0.29) is 5.60 Å². The Hall–Kier alpha value is -1.42. The van der Waals surface area contributed by atoms with E-state index >= 15 is 0 Å². The van der Waals surface area contributed by atoms with Crippen LogP contribution < -0.4 is 9.47 Å². The molecule has 98 valence electrons. The number of hydrogen-bond acceptors (Lipinski definition) is 4. The summed E-state index contributed by atoms with van der Waals surface area (Å²) >= 11 is 5.55. The van der Waals surface area contributed by atoms with Crippen molar-refractivity contribution in [1.82, 2.24) is 0 Å². The highest BCUT2D eigenvalue weighted by Gasteiger charge is 2.32. The molecule has 0 saturated heterocycles. The van der Waals surface area contributed by atoms with Gasteiger partial charge in [-0.25, -0.2) is 4.79 Å². The molecular formula is C13H15ClO4. The monoisotopic (exact) mass is 270 g/mol. The van der Waals surface area contributed by atoms with Gasteiger partial charge in [-0.3, -0.25) is 0 Å². The standard InChI is InChI=1S/C13H15ClO4/c1-8(14)16-12(15)17-10-6-4-5-9-7-13(2,3)18-11(9)10/h4-6,8H,7H2,1-3H3. The second-order valence-electron chi connectivity index (χ2n) is 4.80. The van der Waals surface area contributed by atoms with Crippen LogP contribution in [0.3, 0.4) is 0 Å². The van der Waals surface area contributed by atoms with Crippen LogP contribution in [0.2, 0.25) is 0 Å². The summed E-state index contributed by atoms with van der Waals surface area (Å²) in [6, 6.07) is 5.43. The second-order valence-corrected chi connectivity index (χ2v) is 5.41. The number of benzene rings is 1. The molecule has 0 aliphatic carbocycles. The minimum absolute atomic E-state index is 0.286. The lowest BCUT2D eigenvalue weighted by molar-refractivity contribution is 0.0874. The van der Waals surface area contributed by atoms with E-state index in [1.807, 2.05) is 26.0 Å². The van der Waals surface area contributed by atoms with Gasteiger partial charge < -0.3 is 14.2 Å². The molecule has 1 heterocycles. The van der Waals surface area contributed by atoms with Crippen molar-refractivity contribution >= 4 is 17.8 Å². The Labute approximate surface area is 111 Å². The van der Waals surface area contributed by atoms with Crippen LogP contribution in [0.5, 0.6) is 11.5 Å². The van der Waals surface area contributed by atoms with Crippen LogP contribution in [-0.2, 0) is 11.2 Å². The summed E-state index contributed by atoms with van der Waals surface area (Å²) in [6.07, 6.45) is -0.0558. The number of para-hydroxylation sites is 1. The first kappa shape index (κ1) is 13.0. The molecule has 0 fully saturated rings. The van der Waals surface area contributed by atoms with Gasteiger partial charge in [0.25, 0.3) is 0 Å². The quantitative estimate of drug-likeness (QED) is 0.469. The third-order valence-electron chi connectivity index (χ3n) is 2.51. The molecule has 0 amide bonds. The number of ether oxygens (including phenoxy) is 3. The summed E-state index contributed by atoms with van der Waals surface area (Å²) in [7, 11) is 0. The minimum atomic E-state index is -0.834. The van der Waals surface area contributed by atoms with Crippen LogP contribution in [-0.4, -0.2) is 17.3 Å². The maximum Gasteiger partial charge on any atom is 0.515 e. The van der Waals surface area contributed by atoms with E-state index < -0.39 is 11.7 Å². The summed E-state index contributed by atoms with van der Waals surface area (Å²) < 4.78 is 15.6. The highest BCUT2D eigenvalue weighted by molar-refractivity contribution is 6.19. The molecule has 0 aromatic heterocycles. The Balaban J connectivity index is 2.17. The predicted molar refractivity (Wildman–Crippen MR) is 67.3 cm³/mol. The van der Waals surface area contributed by atoms with Gasteiger partial charge in [0.1, 0.15) is 5.60 Å². The lowest BCUT2D eigenvalue weighted by Gasteiger charge is -2.17. The second kappa shape index (κ2) is 4.69. The van der Waals surface area contributed by atoms with Gasteiger partial charge in [-0.05, 0) is 26.8 Å². The SMILES string of the molecule is CC(Cl)OC(=O)Oc1cccc2c1OC(C)(C)C2. The van der Waals surface area contributed by atoms with Gasteiger partial charge in [0.05, 0.1) is 0 Å². The molecular weight excluding hydrogens is 256 g/mol. The first-order valence-corrected chi connectivity index (χ1v) is 6.14. The van der Waals surface area contributed by atoms with Crippen LogP contribution in [0.4, 0.5) is 4.79 Å². The topological polar surface area (TPSA) is 44.8 Å². The lowest BCUT2D eigenvalue weighted by atomic mass is 10.0. The van der Waals surface area contributed by atoms with Gasteiger partial charge in [0.15, 0.2) is 17.1 Å². The number of halogens is 1. The predicted octanol–water partition coefficient (Wildman–Crippen LogP) is 3.50. The molecule has 5 heteroatoms. The van der Waals surface area contributed by atoms with Crippen molar-refractivity contribution in [1.29, 1.82) is 0 Å². The fraction of sp³-hybridized carbons (Fsp3) is 0.462. The van der Waals surface area contributed by atoms with Crippen molar-refractivity contribution in [3.8, 4) is 11.5 Å². The Morgan fingerprint density at radius 2 is 2.22 bits per heavy atom. The van der Waals surface area contributed by atoms with Gasteiger partial charge in [0, 0.05) is 12.0 Å². The Kier molecular flexibility index (Phi) is 3.39. The summed E-state index contributed by atoms with van der Waals surface area (Å²) in [5.41, 5.74) is 0.00158. The maximum absolute atomic E-state index is 11.4. The van der Waals surface area contributed by atoms with E-state index in [1.54, 1.807) is 6.07 Å². The zero-order chi connectivity index (χ0) is 13.3. The van der Waals surface area contributed by atoms with Crippen molar-refractivity contribution < 1.29 is 19.0 Å². The Morgan fingerprint density at radius 1 is 1.50 bits per heavy atom. The fourth-order valence-corrected chi connectivity index (χ4v) is 1.99. The van der Waals surface area contributed by atoms with Crippen LogP contribution in [0.25, 0.3) is 0 Å². The molecule has 2 rings (SSSR count). The third-order valence-corrected chi connectivity index (χ3v) is 2.60. The highest BCUT2D eigenvalue weighted by atomic mass is 35.5. The fourth-order valence-electron chi connectivity index (χ4n) is 1.91.